The minimum atomic E-state index is -0.119. The predicted molar refractivity (Wildman–Crippen MR) is 120 cm³/mol. The molecule has 1 amide bonds. The van der Waals surface area contributed by atoms with Crippen LogP contribution in [0.15, 0.2) is 40.8 Å². The summed E-state index contributed by atoms with van der Waals surface area (Å²) in [5.41, 5.74) is 3.08. The van der Waals surface area contributed by atoms with Crippen LogP contribution in [-0.2, 0) is 6.42 Å². The van der Waals surface area contributed by atoms with Gasteiger partial charge in [-0.3, -0.25) is 4.79 Å². The van der Waals surface area contributed by atoms with E-state index < -0.39 is 0 Å². The molecule has 0 spiro atoms. The second-order valence-electron chi connectivity index (χ2n) is 8.38. The molecule has 0 radical (unpaired) electrons. The van der Waals surface area contributed by atoms with Gasteiger partial charge in [0, 0.05) is 40.5 Å². The highest BCUT2D eigenvalue weighted by Gasteiger charge is 2.16. The number of rotatable bonds is 6. The van der Waals surface area contributed by atoms with Crippen LogP contribution in [-0.4, -0.2) is 30.5 Å². The number of halogens is 1. The van der Waals surface area contributed by atoms with Gasteiger partial charge >= 0.3 is 0 Å². The molecule has 6 heteroatoms. The van der Waals surface area contributed by atoms with Crippen molar-refractivity contribution >= 4 is 28.5 Å². The molecule has 158 valence electrons. The molecule has 3 aromatic rings. The molecule has 4 rings (SSSR count). The van der Waals surface area contributed by atoms with Gasteiger partial charge in [-0.25, -0.2) is 4.98 Å². The molecular formula is C24H28ClN3O2. The number of benzene rings is 1. The number of pyridine rings is 1. The Morgan fingerprint density at radius 2 is 2.07 bits per heavy atom. The number of carbonyl (C=O) groups excluding carboxylic acids is 1. The van der Waals surface area contributed by atoms with Crippen molar-refractivity contribution in [1.82, 2.24) is 15.6 Å². The summed E-state index contributed by atoms with van der Waals surface area (Å²) in [6.07, 6.45) is 2.75. The topological polar surface area (TPSA) is 67.2 Å². The van der Waals surface area contributed by atoms with Gasteiger partial charge in [-0.05, 0) is 62.2 Å². The lowest BCUT2D eigenvalue weighted by Gasteiger charge is -2.22. The summed E-state index contributed by atoms with van der Waals surface area (Å²) >= 11 is 6.34. The number of fused-ring (bicyclic) bond motifs is 1. The van der Waals surface area contributed by atoms with Gasteiger partial charge in [0.05, 0.1) is 0 Å². The quantitative estimate of drug-likeness (QED) is 0.587. The van der Waals surface area contributed by atoms with E-state index >= 15 is 0 Å². The molecule has 0 atom stereocenters. The number of hydrogen-bond donors (Lipinski definition) is 2. The van der Waals surface area contributed by atoms with E-state index in [4.69, 9.17) is 16.0 Å². The molecule has 0 saturated carbocycles. The van der Waals surface area contributed by atoms with Crippen LogP contribution in [0.25, 0.3) is 11.0 Å². The molecular weight excluding hydrogens is 398 g/mol. The summed E-state index contributed by atoms with van der Waals surface area (Å²) in [6, 6.07) is 11.5. The van der Waals surface area contributed by atoms with Crippen LogP contribution in [0, 0.1) is 5.92 Å². The number of nitrogens with zero attached hydrogens (tertiary/aromatic N) is 1. The highest BCUT2D eigenvalue weighted by Crippen LogP contribution is 2.31. The number of aromatic nitrogens is 1. The first kappa shape index (κ1) is 20.9. The molecule has 0 bridgehead atoms. The van der Waals surface area contributed by atoms with E-state index in [1.165, 1.54) is 0 Å². The Labute approximate surface area is 182 Å². The van der Waals surface area contributed by atoms with Gasteiger partial charge in [0.15, 0.2) is 0 Å². The Morgan fingerprint density at radius 3 is 2.83 bits per heavy atom. The predicted octanol–water partition coefficient (Wildman–Crippen LogP) is 4.92. The van der Waals surface area contributed by atoms with Crippen LogP contribution in [0.4, 0.5) is 0 Å². The van der Waals surface area contributed by atoms with E-state index in [2.05, 4.69) is 29.5 Å². The smallest absolute Gasteiger partial charge is 0.269 e. The fourth-order valence-electron chi connectivity index (χ4n) is 3.93. The lowest BCUT2D eigenvalue weighted by molar-refractivity contribution is 0.0939. The van der Waals surface area contributed by atoms with Crippen LogP contribution < -0.4 is 10.6 Å². The lowest BCUT2D eigenvalue weighted by Crippen LogP contribution is -2.36. The maximum Gasteiger partial charge on any atom is 0.269 e. The molecule has 1 saturated heterocycles. The first-order chi connectivity index (χ1) is 14.5. The molecule has 2 N–H and O–H groups in total. The standard InChI is InChI=1S/C24H28ClN3O2/c1-15(2)22-13-18-11-19(25)10-17(23(18)30-22)12-20-4-3-5-21(28-20)24(29)27-14-16-6-8-26-9-7-16/h3-5,10-11,13,15-16,26H,6-9,12,14H2,1-2H3,(H,27,29). The van der Waals surface area contributed by atoms with E-state index in [0.717, 1.165) is 53.9 Å². The minimum Gasteiger partial charge on any atom is -0.461 e. The number of nitrogens with one attached hydrogen (secondary N) is 2. The Kier molecular flexibility index (Phi) is 6.40. The van der Waals surface area contributed by atoms with Gasteiger partial charge in [0.25, 0.3) is 5.91 Å². The number of furan rings is 1. The van der Waals surface area contributed by atoms with Gasteiger partial charge in [-0.2, -0.15) is 0 Å². The molecule has 2 aromatic heterocycles. The monoisotopic (exact) mass is 425 g/mol. The van der Waals surface area contributed by atoms with Crippen LogP contribution in [0.1, 0.15) is 60.1 Å². The van der Waals surface area contributed by atoms with E-state index in [9.17, 15) is 4.79 Å². The first-order valence-corrected chi connectivity index (χ1v) is 11.0. The zero-order valence-electron chi connectivity index (χ0n) is 17.5. The summed E-state index contributed by atoms with van der Waals surface area (Å²) < 4.78 is 6.10. The van der Waals surface area contributed by atoms with Crippen molar-refractivity contribution in [3.05, 3.63) is 64.1 Å². The summed E-state index contributed by atoms with van der Waals surface area (Å²) in [5, 5.41) is 8.06. The fraction of sp³-hybridized carbons (Fsp3) is 0.417. The molecule has 5 nitrogen and oxygen atoms in total. The molecule has 0 aliphatic carbocycles. The van der Waals surface area contributed by atoms with Crippen LogP contribution in [0.5, 0.6) is 0 Å². The second kappa shape index (κ2) is 9.19. The number of piperidine rings is 1. The molecule has 3 heterocycles. The lowest BCUT2D eigenvalue weighted by atomic mass is 9.98. The Morgan fingerprint density at radius 1 is 1.27 bits per heavy atom. The van der Waals surface area contributed by atoms with Gasteiger partial charge in [-0.15, -0.1) is 0 Å². The van der Waals surface area contributed by atoms with E-state index in [0.29, 0.717) is 35.5 Å². The highest BCUT2D eigenvalue weighted by molar-refractivity contribution is 6.31. The van der Waals surface area contributed by atoms with Gasteiger partial charge in [0.2, 0.25) is 0 Å². The average molecular weight is 426 g/mol. The summed E-state index contributed by atoms with van der Waals surface area (Å²) in [4.78, 5) is 17.2. The van der Waals surface area contributed by atoms with Crippen molar-refractivity contribution in [3.8, 4) is 0 Å². The van der Waals surface area contributed by atoms with Crippen LogP contribution in [0.3, 0.4) is 0 Å². The van der Waals surface area contributed by atoms with Crippen molar-refractivity contribution in [2.24, 2.45) is 5.92 Å². The third-order valence-corrected chi connectivity index (χ3v) is 5.89. The minimum absolute atomic E-state index is 0.119. The molecule has 30 heavy (non-hydrogen) atoms. The highest BCUT2D eigenvalue weighted by atomic mass is 35.5. The largest absolute Gasteiger partial charge is 0.461 e. The number of hydrogen-bond acceptors (Lipinski definition) is 4. The zero-order chi connectivity index (χ0) is 21.1. The van der Waals surface area contributed by atoms with E-state index in [-0.39, 0.29) is 5.91 Å². The van der Waals surface area contributed by atoms with E-state index in [1.807, 2.05) is 30.3 Å². The number of amides is 1. The Bertz CT molecular complexity index is 1040. The van der Waals surface area contributed by atoms with Crippen LogP contribution in [0.2, 0.25) is 5.02 Å². The van der Waals surface area contributed by atoms with Crippen molar-refractivity contribution in [2.75, 3.05) is 19.6 Å². The summed E-state index contributed by atoms with van der Waals surface area (Å²) in [5.74, 6) is 1.65. The molecule has 1 aromatic carbocycles. The first-order valence-electron chi connectivity index (χ1n) is 10.7. The van der Waals surface area contributed by atoms with E-state index in [1.54, 1.807) is 6.07 Å². The summed E-state index contributed by atoms with van der Waals surface area (Å²) in [6.45, 7) is 6.95. The average Bonchev–Trinajstić information content (AvgIpc) is 3.17. The Balaban J connectivity index is 1.51. The normalized spacial score (nSPS) is 15.1. The molecule has 1 aliphatic heterocycles. The van der Waals surface area contributed by atoms with Gasteiger partial charge in [-0.1, -0.05) is 31.5 Å². The molecule has 1 fully saturated rings. The zero-order valence-corrected chi connectivity index (χ0v) is 18.3. The Hall–Kier alpha value is -2.37. The van der Waals surface area contributed by atoms with Crippen molar-refractivity contribution < 1.29 is 9.21 Å². The SMILES string of the molecule is CC(C)c1cc2cc(Cl)cc(Cc3cccc(C(=O)NCC4CCNCC4)n3)c2o1. The number of carbonyl (C=O) groups is 1. The third-order valence-electron chi connectivity index (χ3n) is 5.67. The van der Waals surface area contributed by atoms with Gasteiger partial charge < -0.3 is 15.1 Å². The van der Waals surface area contributed by atoms with Crippen LogP contribution >= 0.6 is 11.6 Å². The fourth-order valence-corrected chi connectivity index (χ4v) is 4.18. The van der Waals surface area contributed by atoms with Crippen molar-refractivity contribution in [2.45, 2.75) is 39.0 Å². The molecule has 0 unspecified atom stereocenters. The maximum atomic E-state index is 12.6. The van der Waals surface area contributed by atoms with Crippen molar-refractivity contribution in [3.63, 3.8) is 0 Å². The maximum absolute atomic E-state index is 12.6. The van der Waals surface area contributed by atoms with Crippen molar-refractivity contribution in [1.29, 1.82) is 0 Å². The third kappa shape index (κ3) is 4.85. The summed E-state index contributed by atoms with van der Waals surface area (Å²) in [7, 11) is 0. The molecule has 1 aliphatic rings. The van der Waals surface area contributed by atoms with Gasteiger partial charge in [0.1, 0.15) is 17.0 Å². The second-order valence-corrected chi connectivity index (χ2v) is 8.82.